The van der Waals surface area contributed by atoms with E-state index in [1.54, 1.807) is 4.90 Å². The van der Waals surface area contributed by atoms with Gasteiger partial charge in [0.15, 0.2) is 0 Å². The fourth-order valence-corrected chi connectivity index (χ4v) is 8.83. The first-order valence-electron chi connectivity index (χ1n) is 15.6. The molecule has 2 aromatic carbocycles. The number of nitrogens with one attached hydrogen (secondary N) is 1. The van der Waals surface area contributed by atoms with Crippen LogP contribution in [0, 0.1) is 0 Å². The number of amides is 3. The zero-order chi connectivity index (χ0) is 33.0. The Balaban J connectivity index is 1.20. The van der Waals surface area contributed by atoms with Gasteiger partial charge in [0.25, 0.3) is 5.91 Å². The third kappa shape index (κ3) is 6.01. The highest BCUT2D eigenvalue weighted by Crippen LogP contribution is 2.59. The number of halogens is 2. The summed E-state index contributed by atoms with van der Waals surface area (Å²) in [6, 6.07) is 13.2. The molecule has 13 heteroatoms. The molecule has 3 amide bonds. The van der Waals surface area contributed by atoms with E-state index in [-0.39, 0.29) is 39.6 Å². The smallest absolute Gasteiger partial charge is 0.340 e. The summed E-state index contributed by atoms with van der Waals surface area (Å²) in [6.07, 6.45) is 4.89. The molecule has 0 spiro atoms. The first-order chi connectivity index (χ1) is 21.7. The number of benzene rings is 2. The maximum Gasteiger partial charge on any atom is 0.399 e. The summed E-state index contributed by atoms with van der Waals surface area (Å²) in [5, 5.41) is 3.09. The van der Waals surface area contributed by atoms with Crippen LogP contribution in [0.3, 0.4) is 0 Å². The molecule has 4 atom stereocenters. The largest absolute Gasteiger partial charge is 0.399 e. The van der Waals surface area contributed by atoms with Gasteiger partial charge in [0.05, 0.1) is 4.88 Å². The monoisotopic (exact) mass is 673 g/mol. The molecular formula is C33H38F2N3O6PS. The van der Waals surface area contributed by atoms with E-state index >= 15 is 0 Å². The summed E-state index contributed by atoms with van der Waals surface area (Å²) in [4.78, 5) is 63.8. The number of likely N-dealkylation sites (tertiary alicyclic amines) is 1. The van der Waals surface area contributed by atoms with Crippen molar-refractivity contribution in [1.82, 2.24) is 15.1 Å². The van der Waals surface area contributed by atoms with Gasteiger partial charge in [-0.25, -0.2) is 0 Å². The fraction of sp³-hybridized carbons (Fsp3) is 0.485. The molecule has 6 rings (SSSR count). The Morgan fingerprint density at radius 1 is 1.02 bits per heavy atom. The van der Waals surface area contributed by atoms with Gasteiger partial charge < -0.3 is 24.9 Å². The van der Waals surface area contributed by atoms with E-state index in [0.717, 1.165) is 55.6 Å². The second kappa shape index (κ2) is 12.1. The van der Waals surface area contributed by atoms with Crippen LogP contribution in [0.4, 0.5) is 8.78 Å². The Morgan fingerprint density at radius 2 is 1.74 bits per heavy atom. The minimum atomic E-state index is -5.75. The number of hydrogen-bond acceptors (Lipinski definition) is 5. The summed E-state index contributed by atoms with van der Waals surface area (Å²) in [5.41, 5.74) is -4.41. The predicted octanol–water partition coefficient (Wildman–Crippen LogP) is 5.96. The normalized spacial score (nSPS) is 25.3. The summed E-state index contributed by atoms with van der Waals surface area (Å²) >= 11 is 1.03. The molecule has 3 N–H and O–H groups in total. The summed E-state index contributed by atoms with van der Waals surface area (Å²) in [6.45, 7) is 4.72. The lowest BCUT2D eigenvalue weighted by Gasteiger charge is -2.39. The summed E-state index contributed by atoms with van der Waals surface area (Å²) < 4.78 is 40.4. The maximum absolute atomic E-state index is 14.3. The molecular weight excluding hydrogens is 635 g/mol. The third-order valence-corrected chi connectivity index (χ3v) is 11.9. The van der Waals surface area contributed by atoms with Crippen LogP contribution in [0.15, 0.2) is 54.6 Å². The van der Waals surface area contributed by atoms with Crippen molar-refractivity contribution in [2.75, 3.05) is 6.54 Å². The van der Waals surface area contributed by atoms with E-state index in [4.69, 9.17) is 9.79 Å². The number of fused-ring (bicyclic) bond motifs is 2. The van der Waals surface area contributed by atoms with E-state index in [1.807, 2.05) is 23.1 Å². The second-order valence-corrected chi connectivity index (χ2v) is 16.1. The molecule has 1 aromatic heterocycles. The van der Waals surface area contributed by atoms with Gasteiger partial charge in [-0.2, -0.15) is 8.78 Å². The number of carbonyl (C=O) groups excluding carboxylic acids is 3. The second-order valence-electron chi connectivity index (χ2n) is 13.3. The number of carbonyl (C=O) groups is 3. The maximum atomic E-state index is 14.3. The highest BCUT2D eigenvalue weighted by molar-refractivity contribution is 7.52. The first kappa shape index (κ1) is 32.7. The standard InChI is InChI=1S/C33H38F2N3O6PS/c1-32(2)18-22(20-8-4-3-5-9-20)19-37(32)31(41)26-14-13-24-10-6-7-11-25(30(40)38(24)26)36-29(39)28-17-21-16-23(12-15-27(21)46-28)33(34,35)45(42,43)44/h3-5,8-9,12,15-17,22,24-26H,6-7,10-11,13-14,18-19H2,1-2H3,(H,36,39)(H2,42,43,44)/t22-,24-,25-,26-/m0/s1. The lowest BCUT2D eigenvalue weighted by atomic mass is 9.91. The van der Waals surface area contributed by atoms with Crippen LogP contribution < -0.4 is 5.32 Å². The van der Waals surface area contributed by atoms with Crippen LogP contribution in [0.1, 0.15) is 85.5 Å². The molecule has 3 aromatic rings. The van der Waals surface area contributed by atoms with E-state index in [9.17, 15) is 27.7 Å². The van der Waals surface area contributed by atoms with Crippen molar-refractivity contribution in [1.29, 1.82) is 0 Å². The van der Waals surface area contributed by atoms with Gasteiger partial charge in [-0.1, -0.05) is 49.2 Å². The molecule has 3 saturated heterocycles. The van der Waals surface area contributed by atoms with Crippen LogP contribution in [-0.2, 0) is 19.8 Å². The van der Waals surface area contributed by atoms with Crippen LogP contribution in [0.25, 0.3) is 10.1 Å². The number of rotatable bonds is 6. The van der Waals surface area contributed by atoms with E-state index < -0.39 is 36.8 Å². The molecule has 46 heavy (non-hydrogen) atoms. The topological polar surface area (TPSA) is 127 Å². The fourth-order valence-electron chi connectivity index (χ4n) is 7.41. The van der Waals surface area contributed by atoms with Gasteiger partial charge >= 0.3 is 13.3 Å². The third-order valence-electron chi connectivity index (χ3n) is 9.80. The van der Waals surface area contributed by atoms with Crippen molar-refractivity contribution < 1.29 is 37.5 Å². The molecule has 3 fully saturated rings. The first-order valence-corrected chi connectivity index (χ1v) is 18.1. The zero-order valence-electron chi connectivity index (χ0n) is 25.7. The van der Waals surface area contributed by atoms with Crippen molar-refractivity contribution in [2.24, 2.45) is 0 Å². The molecule has 0 radical (unpaired) electrons. The SMILES string of the molecule is CC1(C)C[C@H](c2ccccc2)CN1C(=O)[C@@H]1CC[C@@H]2CCCC[C@H](NC(=O)c3cc4cc(C(F)(F)P(=O)(O)O)ccc4s3)C(=O)N21. The molecule has 3 aliphatic rings. The molecule has 4 heterocycles. The molecule has 0 unspecified atom stereocenters. The summed E-state index contributed by atoms with van der Waals surface area (Å²) in [5.74, 6) is -0.686. The molecule has 3 aliphatic heterocycles. The van der Waals surface area contributed by atoms with E-state index in [0.29, 0.717) is 24.1 Å². The van der Waals surface area contributed by atoms with Gasteiger partial charge in [-0.3, -0.25) is 18.9 Å². The average molecular weight is 674 g/mol. The minimum absolute atomic E-state index is 0.0580. The zero-order valence-corrected chi connectivity index (χ0v) is 27.4. The van der Waals surface area contributed by atoms with Crippen molar-refractivity contribution in [3.63, 3.8) is 0 Å². The Morgan fingerprint density at radius 3 is 2.46 bits per heavy atom. The predicted molar refractivity (Wildman–Crippen MR) is 171 cm³/mol. The molecule has 9 nitrogen and oxygen atoms in total. The number of nitrogens with zero attached hydrogens (tertiary/aromatic N) is 2. The Hall–Kier alpha value is -3.18. The van der Waals surface area contributed by atoms with Crippen LogP contribution in [-0.4, -0.2) is 67.5 Å². The highest BCUT2D eigenvalue weighted by atomic mass is 32.1. The molecule has 0 bridgehead atoms. The number of alkyl halides is 2. The van der Waals surface area contributed by atoms with E-state index in [2.05, 4.69) is 31.3 Å². The molecule has 0 saturated carbocycles. The lowest BCUT2D eigenvalue weighted by Crippen LogP contribution is -2.58. The quantitative estimate of drug-likeness (QED) is 0.278. The Labute approximate surface area is 270 Å². The van der Waals surface area contributed by atoms with Gasteiger partial charge in [0.2, 0.25) is 11.8 Å². The summed E-state index contributed by atoms with van der Waals surface area (Å²) in [7, 11) is -5.75. The Kier molecular flexibility index (Phi) is 8.63. The lowest BCUT2D eigenvalue weighted by molar-refractivity contribution is -0.149. The Bertz CT molecular complexity index is 1710. The number of hydrogen-bond donors (Lipinski definition) is 3. The highest BCUT2D eigenvalue weighted by Gasteiger charge is 2.51. The van der Waals surface area contributed by atoms with Crippen molar-refractivity contribution in [3.8, 4) is 0 Å². The van der Waals surface area contributed by atoms with Crippen molar-refractivity contribution in [3.05, 3.63) is 70.6 Å². The average Bonchev–Trinajstić information content (AvgIpc) is 3.71. The number of thiophene rings is 1. The van der Waals surface area contributed by atoms with Crippen LogP contribution in [0.5, 0.6) is 0 Å². The van der Waals surface area contributed by atoms with Crippen molar-refractivity contribution in [2.45, 2.75) is 94.0 Å². The molecule has 246 valence electrons. The van der Waals surface area contributed by atoms with Crippen molar-refractivity contribution >= 4 is 46.7 Å². The molecule has 0 aliphatic carbocycles. The van der Waals surface area contributed by atoms with Gasteiger partial charge in [-0.05, 0) is 75.1 Å². The van der Waals surface area contributed by atoms with Crippen LogP contribution >= 0.6 is 18.9 Å². The van der Waals surface area contributed by atoms with Gasteiger partial charge in [-0.15, -0.1) is 11.3 Å². The van der Waals surface area contributed by atoms with Gasteiger partial charge in [0, 0.05) is 34.3 Å². The van der Waals surface area contributed by atoms with E-state index in [1.165, 1.54) is 17.7 Å². The minimum Gasteiger partial charge on any atom is -0.340 e. The van der Waals surface area contributed by atoms with Gasteiger partial charge in [0.1, 0.15) is 12.1 Å². The van der Waals surface area contributed by atoms with Crippen LogP contribution in [0.2, 0.25) is 0 Å².